The number of benzene rings is 1. The molecule has 106 valence electrons. The first-order valence-corrected chi connectivity index (χ1v) is 8.11. The van der Waals surface area contributed by atoms with Crippen LogP contribution in [0.25, 0.3) is 6.08 Å². The van der Waals surface area contributed by atoms with Crippen LogP contribution >= 0.6 is 0 Å². The van der Waals surface area contributed by atoms with Gasteiger partial charge in [-0.15, -0.1) is 0 Å². The Morgan fingerprint density at radius 2 is 1.89 bits per heavy atom. The van der Waals surface area contributed by atoms with Gasteiger partial charge in [0.2, 0.25) is 0 Å². The predicted octanol–water partition coefficient (Wildman–Crippen LogP) is 2.93. The number of ether oxygens (including phenoxy) is 2. The average Bonchev–Trinajstić information content (AvgIpc) is 2.45. The van der Waals surface area contributed by atoms with Gasteiger partial charge in [-0.2, -0.15) is 0 Å². The molecular weight excluding hydrogens is 256 g/mol. The first-order chi connectivity index (χ1) is 9.19. The molecule has 0 unspecified atom stereocenters. The second-order valence-electron chi connectivity index (χ2n) is 4.20. The lowest BCUT2D eigenvalue weighted by Crippen LogP contribution is -2.44. The molecule has 1 aromatic rings. The van der Waals surface area contributed by atoms with Gasteiger partial charge in [0.25, 0.3) is 9.76 Å². The molecule has 1 rings (SSSR count). The standard InChI is InChI=1S/C15H24O3Si/c1-5-13-10-9-11-14(12-13)18-19-15(6-2,16-7-3)17-8-4/h5,9-12H,1,6-8,19H2,2-4H3. The van der Waals surface area contributed by atoms with E-state index in [9.17, 15) is 0 Å². The Morgan fingerprint density at radius 1 is 1.21 bits per heavy atom. The van der Waals surface area contributed by atoms with E-state index in [1.165, 1.54) is 0 Å². The van der Waals surface area contributed by atoms with Crippen molar-refractivity contribution in [1.82, 2.24) is 0 Å². The van der Waals surface area contributed by atoms with Gasteiger partial charge in [-0.1, -0.05) is 31.7 Å². The van der Waals surface area contributed by atoms with E-state index in [0.29, 0.717) is 13.2 Å². The number of rotatable bonds is 9. The Kier molecular flexibility index (Phi) is 6.84. The van der Waals surface area contributed by atoms with E-state index in [2.05, 4.69) is 13.5 Å². The van der Waals surface area contributed by atoms with Crippen molar-refractivity contribution in [2.75, 3.05) is 13.2 Å². The maximum absolute atomic E-state index is 5.95. The monoisotopic (exact) mass is 280 g/mol. The SMILES string of the molecule is C=Cc1cccc(O[SiH2]C(CC)(OCC)OCC)c1. The van der Waals surface area contributed by atoms with E-state index in [1.807, 2.05) is 44.2 Å². The van der Waals surface area contributed by atoms with Crippen LogP contribution in [0.5, 0.6) is 5.75 Å². The first-order valence-electron chi connectivity index (χ1n) is 6.83. The van der Waals surface area contributed by atoms with Gasteiger partial charge in [-0.3, -0.25) is 0 Å². The van der Waals surface area contributed by atoms with Crippen LogP contribution in [-0.4, -0.2) is 28.4 Å². The van der Waals surface area contributed by atoms with Crippen molar-refractivity contribution in [3.8, 4) is 5.75 Å². The molecule has 0 aromatic heterocycles. The summed E-state index contributed by atoms with van der Waals surface area (Å²) in [5.74, 6) is 0.862. The molecule has 0 aliphatic carbocycles. The van der Waals surface area contributed by atoms with Crippen LogP contribution in [0.2, 0.25) is 0 Å². The van der Waals surface area contributed by atoms with Crippen molar-refractivity contribution in [2.24, 2.45) is 0 Å². The molecule has 0 atom stereocenters. The van der Waals surface area contributed by atoms with Crippen molar-refractivity contribution >= 4 is 15.8 Å². The molecule has 0 spiro atoms. The summed E-state index contributed by atoms with van der Waals surface area (Å²) in [6.45, 7) is 11.1. The second-order valence-corrected chi connectivity index (χ2v) is 5.85. The van der Waals surface area contributed by atoms with E-state index in [4.69, 9.17) is 13.9 Å². The van der Waals surface area contributed by atoms with Crippen molar-refractivity contribution in [3.63, 3.8) is 0 Å². The molecule has 0 saturated heterocycles. The van der Waals surface area contributed by atoms with Gasteiger partial charge in [-0.25, -0.2) is 0 Å². The molecular formula is C15H24O3Si. The molecule has 4 heteroatoms. The first kappa shape index (κ1) is 16.0. The summed E-state index contributed by atoms with van der Waals surface area (Å²) < 4.78 is 17.5. The lowest BCUT2D eigenvalue weighted by Gasteiger charge is -2.31. The molecule has 0 N–H and O–H groups in total. The van der Waals surface area contributed by atoms with Crippen molar-refractivity contribution in [1.29, 1.82) is 0 Å². The highest BCUT2D eigenvalue weighted by Gasteiger charge is 2.31. The van der Waals surface area contributed by atoms with Gasteiger partial charge in [0.05, 0.1) is 0 Å². The summed E-state index contributed by atoms with van der Waals surface area (Å²) in [6, 6.07) is 7.91. The van der Waals surface area contributed by atoms with Gasteiger partial charge in [0, 0.05) is 13.2 Å². The molecule has 0 radical (unpaired) electrons. The van der Waals surface area contributed by atoms with Crippen LogP contribution in [0, 0.1) is 0 Å². The topological polar surface area (TPSA) is 27.7 Å². The highest BCUT2D eigenvalue weighted by Crippen LogP contribution is 2.20. The lowest BCUT2D eigenvalue weighted by atomic mass is 10.2. The maximum Gasteiger partial charge on any atom is 0.282 e. The van der Waals surface area contributed by atoms with Crippen molar-refractivity contribution in [3.05, 3.63) is 36.4 Å². The summed E-state index contributed by atoms with van der Waals surface area (Å²) in [7, 11) is -1.00. The minimum absolute atomic E-state index is 0.520. The Labute approximate surface area is 118 Å². The second kappa shape index (κ2) is 8.14. The summed E-state index contributed by atoms with van der Waals surface area (Å²) in [6.07, 6.45) is 2.62. The molecule has 3 nitrogen and oxygen atoms in total. The minimum Gasteiger partial charge on any atom is -0.543 e. The molecule has 1 aromatic carbocycles. The van der Waals surface area contributed by atoms with Crippen LogP contribution in [-0.2, 0) is 9.47 Å². The van der Waals surface area contributed by atoms with E-state index >= 15 is 0 Å². The van der Waals surface area contributed by atoms with Crippen LogP contribution in [0.3, 0.4) is 0 Å². The Bertz CT molecular complexity index is 387. The third kappa shape index (κ3) is 4.82. The van der Waals surface area contributed by atoms with Gasteiger partial charge >= 0.3 is 0 Å². The van der Waals surface area contributed by atoms with Crippen LogP contribution in [0.15, 0.2) is 30.8 Å². The minimum atomic E-state index is -1.00. The maximum atomic E-state index is 5.95. The van der Waals surface area contributed by atoms with Crippen LogP contribution in [0.4, 0.5) is 0 Å². The van der Waals surface area contributed by atoms with Crippen molar-refractivity contribution in [2.45, 2.75) is 32.6 Å². The summed E-state index contributed by atoms with van der Waals surface area (Å²) in [5.41, 5.74) is 0.537. The zero-order chi connectivity index (χ0) is 14.1. The predicted molar refractivity (Wildman–Crippen MR) is 82.0 cm³/mol. The Morgan fingerprint density at radius 3 is 2.42 bits per heavy atom. The summed E-state index contributed by atoms with van der Waals surface area (Å²) in [5, 5.41) is 0. The van der Waals surface area contributed by atoms with Crippen LogP contribution < -0.4 is 4.43 Å². The molecule has 0 saturated carbocycles. The quantitative estimate of drug-likeness (QED) is 0.514. The summed E-state index contributed by atoms with van der Waals surface area (Å²) >= 11 is 0. The number of hydrogen-bond acceptors (Lipinski definition) is 3. The molecule has 0 amide bonds. The fourth-order valence-corrected chi connectivity index (χ4v) is 3.23. The smallest absolute Gasteiger partial charge is 0.282 e. The number of hydrogen-bond donors (Lipinski definition) is 0. The molecule has 0 fully saturated rings. The fraction of sp³-hybridized carbons (Fsp3) is 0.467. The highest BCUT2D eigenvalue weighted by molar-refractivity contribution is 6.32. The third-order valence-electron chi connectivity index (χ3n) is 2.91. The van der Waals surface area contributed by atoms with Gasteiger partial charge < -0.3 is 13.9 Å². The third-order valence-corrected chi connectivity index (χ3v) is 4.73. The van der Waals surface area contributed by atoms with Crippen molar-refractivity contribution < 1.29 is 13.9 Å². The van der Waals surface area contributed by atoms with E-state index < -0.39 is 15.2 Å². The zero-order valence-corrected chi connectivity index (χ0v) is 13.6. The fourth-order valence-electron chi connectivity index (χ4n) is 1.88. The molecule has 19 heavy (non-hydrogen) atoms. The van der Waals surface area contributed by atoms with Gasteiger partial charge in [-0.05, 0) is 38.0 Å². The molecule has 0 heterocycles. The van der Waals surface area contributed by atoms with E-state index in [-0.39, 0.29) is 0 Å². The van der Waals surface area contributed by atoms with Gasteiger partial charge in [0.1, 0.15) is 5.75 Å². The Balaban J connectivity index is 2.71. The summed E-state index contributed by atoms with van der Waals surface area (Å²) in [4.78, 5) is 0. The van der Waals surface area contributed by atoms with Gasteiger partial charge in [0.15, 0.2) is 5.41 Å². The average molecular weight is 280 g/mol. The lowest BCUT2D eigenvalue weighted by molar-refractivity contribution is -0.181. The van der Waals surface area contributed by atoms with Crippen LogP contribution in [0.1, 0.15) is 32.8 Å². The largest absolute Gasteiger partial charge is 0.543 e. The normalized spacial score (nSPS) is 11.9. The molecule has 0 aliphatic heterocycles. The van der Waals surface area contributed by atoms with E-state index in [1.54, 1.807) is 0 Å². The Hall–Kier alpha value is -1.10. The highest BCUT2D eigenvalue weighted by atomic mass is 28.2. The zero-order valence-electron chi connectivity index (χ0n) is 12.1. The molecule has 0 bridgehead atoms. The van der Waals surface area contributed by atoms with E-state index in [0.717, 1.165) is 17.7 Å². The molecule has 0 aliphatic rings.